The molecule has 106 valence electrons. The number of hydrogen-bond acceptors (Lipinski definition) is 3. The number of nitrogens with one attached hydrogen (secondary N) is 1. The number of aliphatic hydroxyl groups excluding tert-OH is 1. The molecule has 0 fully saturated rings. The summed E-state index contributed by atoms with van der Waals surface area (Å²) in [5.74, 6) is 0.825. The lowest BCUT2D eigenvalue weighted by Gasteiger charge is -2.16. The van der Waals surface area contributed by atoms with Crippen LogP contribution in [0, 0.1) is 13.8 Å². The van der Waals surface area contributed by atoms with Gasteiger partial charge in [0, 0.05) is 12.2 Å². The summed E-state index contributed by atoms with van der Waals surface area (Å²) >= 11 is 0. The predicted octanol–water partition coefficient (Wildman–Crippen LogP) is 3.46. The first-order chi connectivity index (χ1) is 9.60. The van der Waals surface area contributed by atoms with Gasteiger partial charge in [0.2, 0.25) is 0 Å². The number of anilines is 1. The molecule has 0 saturated carbocycles. The van der Waals surface area contributed by atoms with Gasteiger partial charge in [0.05, 0.1) is 13.2 Å². The van der Waals surface area contributed by atoms with E-state index < -0.39 is 6.10 Å². The van der Waals surface area contributed by atoms with Crippen LogP contribution in [0.2, 0.25) is 0 Å². The van der Waals surface area contributed by atoms with Crippen LogP contribution in [0.5, 0.6) is 5.75 Å². The van der Waals surface area contributed by atoms with Crippen molar-refractivity contribution < 1.29 is 9.84 Å². The first-order valence-corrected chi connectivity index (χ1v) is 6.73. The van der Waals surface area contributed by atoms with E-state index in [-0.39, 0.29) is 0 Å². The van der Waals surface area contributed by atoms with Gasteiger partial charge in [-0.25, -0.2) is 0 Å². The van der Waals surface area contributed by atoms with Gasteiger partial charge in [0.15, 0.2) is 0 Å². The van der Waals surface area contributed by atoms with E-state index in [2.05, 4.69) is 11.4 Å². The minimum absolute atomic E-state index is 0.483. The van der Waals surface area contributed by atoms with Crippen molar-refractivity contribution in [1.29, 1.82) is 0 Å². The lowest BCUT2D eigenvalue weighted by molar-refractivity contribution is 0.191. The highest BCUT2D eigenvalue weighted by Gasteiger charge is 2.10. The third-order valence-electron chi connectivity index (χ3n) is 3.38. The Morgan fingerprint density at radius 1 is 1.10 bits per heavy atom. The molecule has 0 aliphatic heterocycles. The number of aliphatic hydroxyl groups is 1. The zero-order chi connectivity index (χ0) is 14.5. The molecule has 0 aliphatic rings. The molecule has 0 saturated heterocycles. The molecule has 2 aromatic carbocycles. The van der Waals surface area contributed by atoms with Crippen LogP contribution in [0.1, 0.15) is 22.8 Å². The average Bonchev–Trinajstić information content (AvgIpc) is 2.47. The maximum Gasteiger partial charge on any atom is 0.119 e. The van der Waals surface area contributed by atoms with Crippen molar-refractivity contribution in [3.05, 3.63) is 59.2 Å². The first kappa shape index (κ1) is 14.4. The van der Waals surface area contributed by atoms with Crippen LogP contribution in [0.15, 0.2) is 42.5 Å². The van der Waals surface area contributed by atoms with Crippen molar-refractivity contribution in [1.82, 2.24) is 0 Å². The fraction of sp³-hybridized carbons (Fsp3) is 0.294. The van der Waals surface area contributed by atoms with Gasteiger partial charge in [-0.05, 0) is 49.2 Å². The molecule has 0 aliphatic carbocycles. The lowest BCUT2D eigenvalue weighted by Crippen LogP contribution is -2.13. The molecule has 0 radical (unpaired) electrons. The number of benzene rings is 2. The topological polar surface area (TPSA) is 41.5 Å². The summed E-state index contributed by atoms with van der Waals surface area (Å²) in [4.78, 5) is 0. The van der Waals surface area contributed by atoms with E-state index in [1.165, 1.54) is 0 Å². The van der Waals surface area contributed by atoms with E-state index in [1.807, 2.05) is 50.2 Å². The maximum absolute atomic E-state index is 10.3. The van der Waals surface area contributed by atoms with Gasteiger partial charge in [0.25, 0.3) is 0 Å². The second-order valence-electron chi connectivity index (χ2n) is 4.99. The Bertz CT molecular complexity index is 564. The van der Waals surface area contributed by atoms with Crippen LogP contribution in [0.4, 0.5) is 5.69 Å². The molecule has 2 rings (SSSR count). The Morgan fingerprint density at radius 2 is 1.80 bits per heavy atom. The second kappa shape index (κ2) is 6.44. The van der Waals surface area contributed by atoms with Gasteiger partial charge in [-0.15, -0.1) is 0 Å². The highest BCUT2D eigenvalue weighted by molar-refractivity contribution is 5.46. The van der Waals surface area contributed by atoms with Gasteiger partial charge in [0.1, 0.15) is 5.75 Å². The van der Waals surface area contributed by atoms with Gasteiger partial charge in [-0.2, -0.15) is 0 Å². The smallest absolute Gasteiger partial charge is 0.119 e. The molecule has 0 heterocycles. The van der Waals surface area contributed by atoms with Gasteiger partial charge in [-0.3, -0.25) is 0 Å². The maximum atomic E-state index is 10.3. The van der Waals surface area contributed by atoms with E-state index in [0.717, 1.165) is 28.1 Å². The zero-order valence-electron chi connectivity index (χ0n) is 12.2. The van der Waals surface area contributed by atoms with Gasteiger partial charge in [-0.1, -0.05) is 23.8 Å². The summed E-state index contributed by atoms with van der Waals surface area (Å²) in [5.41, 5.74) is 4.22. The molecule has 1 atom stereocenters. The van der Waals surface area contributed by atoms with Gasteiger partial charge < -0.3 is 15.2 Å². The van der Waals surface area contributed by atoms with Crippen molar-refractivity contribution in [3.63, 3.8) is 0 Å². The summed E-state index contributed by atoms with van der Waals surface area (Å²) in [6, 6.07) is 13.8. The third-order valence-corrected chi connectivity index (χ3v) is 3.38. The number of ether oxygens (including phenoxy) is 1. The normalized spacial score (nSPS) is 12.0. The Kier molecular flexibility index (Phi) is 4.64. The summed E-state index contributed by atoms with van der Waals surface area (Å²) in [6.07, 6.45) is -0.517. The van der Waals surface area contributed by atoms with Crippen molar-refractivity contribution >= 4 is 5.69 Å². The van der Waals surface area contributed by atoms with E-state index in [9.17, 15) is 5.11 Å². The van der Waals surface area contributed by atoms with Crippen LogP contribution in [-0.2, 0) is 0 Å². The number of hydrogen-bond donors (Lipinski definition) is 2. The molecule has 2 N–H and O–H groups in total. The van der Waals surface area contributed by atoms with Gasteiger partial charge >= 0.3 is 0 Å². The quantitative estimate of drug-likeness (QED) is 0.875. The molecule has 0 spiro atoms. The molecular weight excluding hydrogens is 250 g/mol. The van der Waals surface area contributed by atoms with Crippen LogP contribution in [0.3, 0.4) is 0 Å². The number of methoxy groups -OCH3 is 1. The zero-order valence-corrected chi connectivity index (χ0v) is 12.2. The third kappa shape index (κ3) is 3.52. The fourth-order valence-corrected chi connectivity index (χ4v) is 2.15. The Hall–Kier alpha value is -2.00. The molecule has 20 heavy (non-hydrogen) atoms. The number of aryl methyl sites for hydroxylation is 2. The van der Waals surface area contributed by atoms with E-state index in [4.69, 9.17) is 4.74 Å². The van der Waals surface area contributed by atoms with Crippen molar-refractivity contribution in [3.8, 4) is 5.75 Å². The molecule has 3 nitrogen and oxygen atoms in total. The average molecular weight is 271 g/mol. The summed E-state index contributed by atoms with van der Waals surface area (Å²) < 4.78 is 5.12. The minimum atomic E-state index is -0.517. The van der Waals surface area contributed by atoms with Crippen LogP contribution >= 0.6 is 0 Å². The monoisotopic (exact) mass is 271 g/mol. The Morgan fingerprint density at radius 3 is 2.45 bits per heavy atom. The molecule has 1 unspecified atom stereocenters. The molecule has 0 aromatic heterocycles. The molecule has 0 bridgehead atoms. The standard InChI is InChI=1S/C17H21NO2/c1-12-4-5-13(2)16(10-12)17(19)11-18-14-6-8-15(20-3)9-7-14/h4-10,17-19H,11H2,1-3H3. The highest BCUT2D eigenvalue weighted by Crippen LogP contribution is 2.21. The lowest BCUT2D eigenvalue weighted by atomic mass is 10.0. The summed E-state index contributed by atoms with van der Waals surface area (Å²) in [5, 5.41) is 13.5. The minimum Gasteiger partial charge on any atom is -0.497 e. The van der Waals surface area contributed by atoms with E-state index >= 15 is 0 Å². The molecule has 2 aromatic rings. The largest absolute Gasteiger partial charge is 0.497 e. The molecule has 0 amide bonds. The SMILES string of the molecule is COc1ccc(NCC(O)c2cc(C)ccc2C)cc1. The van der Waals surface area contributed by atoms with Crippen LogP contribution < -0.4 is 10.1 Å². The van der Waals surface area contributed by atoms with Crippen LogP contribution in [-0.4, -0.2) is 18.8 Å². The summed E-state index contributed by atoms with van der Waals surface area (Å²) in [6.45, 7) is 4.54. The van der Waals surface area contributed by atoms with Crippen molar-refractivity contribution in [2.24, 2.45) is 0 Å². The molecular formula is C17H21NO2. The van der Waals surface area contributed by atoms with Crippen molar-refractivity contribution in [2.75, 3.05) is 19.0 Å². The highest BCUT2D eigenvalue weighted by atomic mass is 16.5. The molecule has 3 heteroatoms. The predicted molar refractivity (Wildman–Crippen MR) is 82.4 cm³/mol. The Labute approximate surface area is 120 Å². The van der Waals surface area contributed by atoms with E-state index in [0.29, 0.717) is 6.54 Å². The number of rotatable bonds is 5. The van der Waals surface area contributed by atoms with Crippen molar-refractivity contribution in [2.45, 2.75) is 20.0 Å². The fourth-order valence-electron chi connectivity index (χ4n) is 2.15. The second-order valence-corrected chi connectivity index (χ2v) is 4.99. The Balaban J connectivity index is 2.00. The summed E-state index contributed by atoms with van der Waals surface area (Å²) in [7, 11) is 1.65. The first-order valence-electron chi connectivity index (χ1n) is 6.73. The van der Waals surface area contributed by atoms with Crippen LogP contribution in [0.25, 0.3) is 0 Å². The van der Waals surface area contributed by atoms with E-state index in [1.54, 1.807) is 7.11 Å².